The Morgan fingerprint density at radius 3 is 2.94 bits per heavy atom. The summed E-state index contributed by atoms with van der Waals surface area (Å²) in [7, 11) is 3.63. The zero-order valence-corrected chi connectivity index (χ0v) is 11.0. The number of nitrogens with zero attached hydrogens (tertiary/aromatic N) is 4. The fourth-order valence-electron chi connectivity index (χ4n) is 2.40. The smallest absolute Gasteiger partial charge is 0.239 e. The van der Waals surface area contributed by atoms with Crippen LogP contribution >= 0.6 is 0 Å². The van der Waals surface area contributed by atoms with E-state index >= 15 is 0 Å². The molecule has 6 nitrogen and oxygen atoms in total. The highest BCUT2D eigenvalue weighted by atomic mass is 16.2. The topological polar surface area (TPSA) is 67.4 Å². The van der Waals surface area contributed by atoms with Crippen molar-refractivity contribution in [3.8, 4) is 0 Å². The second-order valence-electron chi connectivity index (χ2n) is 4.93. The number of likely N-dealkylation sites (N-methyl/N-ethyl adjacent to an activating group) is 1. The Hall–Kier alpha value is -1.56. The predicted molar refractivity (Wildman–Crippen MR) is 69.9 cm³/mol. The van der Waals surface area contributed by atoms with Crippen molar-refractivity contribution < 1.29 is 4.79 Å². The minimum absolute atomic E-state index is 0.0351. The van der Waals surface area contributed by atoms with E-state index in [0.29, 0.717) is 5.82 Å². The maximum atomic E-state index is 12.0. The molecular weight excluding hydrogens is 230 g/mol. The molecule has 1 aromatic rings. The molecule has 1 saturated heterocycles. The fourth-order valence-corrected chi connectivity index (χ4v) is 2.40. The third-order valence-corrected chi connectivity index (χ3v) is 3.37. The summed E-state index contributed by atoms with van der Waals surface area (Å²) in [6.07, 6.45) is 3.91. The molecule has 1 aliphatic rings. The van der Waals surface area contributed by atoms with Crippen LogP contribution in [0, 0.1) is 0 Å². The van der Waals surface area contributed by atoms with Gasteiger partial charge in [-0.05, 0) is 25.5 Å². The minimum atomic E-state index is 0.0351. The number of nitrogen functional groups attached to an aromatic ring is 1. The number of anilines is 1. The number of amides is 1. The van der Waals surface area contributed by atoms with Gasteiger partial charge in [0.1, 0.15) is 5.82 Å². The summed E-state index contributed by atoms with van der Waals surface area (Å²) in [6.45, 7) is 2.60. The van der Waals surface area contributed by atoms with E-state index in [-0.39, 0.29) is 11.9 Å². The summed E-state index contributed by atoms with van der Waals surface area (Å²) < 4.78 is 1.82. The van der Waals surface area contributed by atoms with Crippen LogP contribution in [0.3, 0.4) is 0 Å². The number of rotatable bonds is 4. The SMILES string of the molecule is CN(C)C(=O)C1CCCN1CCn1ccc(N)n1. The van der Waals surface area contributed by atoms with Crippen molar-refractivity contribution in [2.24, 2.45) is 0 Å². The normalized spacial score (nSPS) is 20.2. The van der Waals surface area contributed by atoms with Crippen molar-refractivity contribution in [1.29, 1.82) is 0 Å². The Morgan fingerprint density at radius 1 is 1.56 bits per heavy atom. The van der Waals surface area contributed by atoms with Crippen LogP contribution in [0.25, 0.3) is 0 Å². The number of carbonyl (C=O) groups excluding carboxylic acids is 1. The van der Waals surface area contributed by atoms with Gasteiger partial charge >= 0.3 is 0 Å². The molecule has 2 rings (SSSR count). The van der Waals surface area contributed by atoms with Crippen LogP contribution in [-0.4, -0.2) is 58.7 Å². The first kappa shape index (κ1) is 12.9. The quantitative estimate of drug-likeness (QED) is 0.819. The predicted octanol–water partition coefficient (Wildman–Crippen LogP) is 0.0179. The third kappa shape index (κ3) is 2.81. The average Bonchev–Trinajstić information content (AvgIpc) is 2.93. The molecule has 1 atom stereocenters. The Bertz CT molecular complexity index is 414. The second kappa shape index (κ2) is 5.39. The summed E-state index contributed by atoms with van der Waals surface area (Å²) in [6, 6.07) is 1.82. The second-order valence-corrected chi connectivity index (χ2v) is 4.93. The van der Waals surface area contributed by atoms with Crippen LogP contribution in [0.15, 0.2) is 12.3 Å². The zero-order valence-electron chi connectivity index (χ0n) is 11.0. The van der Waals surface area contributed by atoms with Gasteiger partial charge in [0.05, 0.1) is 12.6 Å². The van der Waals surface area contributed by atoms with E-state index in [0.717, 1.165) is 32.5 Å². The highest BCUT2D eigenvalue weighted by Crippen LogP contribution is 2.18. The molecule has 6 heteroatoms. The number of hydrogen-bond donors (Lipinski definition) is 1. The molecule has 1 amide bonds. The number of nitrogens with two attached hydrogens (primary N) is 1. The molecule has 18 heavy (non-hydrogen) atoms. The van der Waals surface area contributed by atoms with Gasteiger partial charge < -0.3 is 10.6 Å². The molecule has 0 spiro atoms. The third-order valence-electron chi connectivity index (χ3n) is 3.37. The first-order valence-corrected chi connectivity index (χ1v) is 6.32. The van der Waals surface area contributed by atoms with Crippen molar-refractivity contribution in [2.45, 2.75) is 25.4 Å². The van der Waals surface area contributed by atoms with E-state index in [1.807, 2.05) is 25.0 Å². The van der Waals surface area contributed by atoms with E-state index in [4.69, 9.17) is 5.73 Å². The van der Waals surface area contributed by atoms with Crippen LogP contribution in [-0.2, 0) is 11.3 Å². The van der Waals surface area contributed by atoms with Crippen LogP contribution in [0.1, 0.15) is 12.8 Å². The van der Waals surface area contributed by atoms with Gasteiger partial charge in [-0.3, -0.25) is 14.4 Å². The molecule has 0 bridgehead atoms. The zero-order chi connectivity index (χ0) is 13.1. The number of aromatic nitrogens is 2. The molecule has 1 aromatic heterocycles. The molecule has 0 radical (unpaired) electrons. The summed E-state index contributed by atoms with van der Waals surface area (Å²) >= 11 is 0. The molecule has 1 fully saturated rings. The number of hydrogen-bond acceptors (Lipinski definition) is 4. The molecule has 1 unspecified atom stereocenters. The number of carbonyl (C=O) groups is 1. The Labute approximate surface area is 107 Å². The standard InChI is InChI=1S/C12H21N5O/c1-15(2)12(18)10-4-3-6-16(10)8-9-17-7-5-11(13)14-17/h5,7,10H,3-4,6,8-9H2,1-2H3,(H2,13,14). The summed E-state index contributed by atoms with van der Waals surface area (Å²) in [5.74, 6) is 0.741. The molecule has 0 aromatic carbocycles. The highest BCUT2D eigenvalue weighted by molar-refractivity contribution is 5.81. The van der Waals surface area contributed by atoms with Gasteiger partial charge in [0.25, 0.3) is 0 Å². The van der Waals surface area contributed by atoms with Crippen molar-refractivity contribution in [3.63, 3.8) is 0 Å². The van der Waals surface area contributed by atoms with E-state index in [1.54, 1.807) is 11.0 Å². The van der Waals surface area contributed by atoms with Gasteiger partial charge in [0.15, 0.2) is 0 Å². The maximum Gasteiger partial charge on any atom is 0.239 e. The van der Waals surface area contributed by atoms with Crippen molar-refractivity contribution in [1.82, 2.24) is 19.6 Å². The molecule has 2 N–H and O–H groups in total. The Morgan fingerprint density at radius 2 is 2.33 bits per heavy atom. The maximum absolute atomic E-state index is 12.0. The summed E-state index contributed by atoms with van der Waals surface area (Å²) in [5.41, 5.74) is 5.57. The monoisotopic (exact) mass is 251 g/mol. The lowest BCUT2D eigenvalue weighted by molar-refractivity contribution is -0.133. The van der Waals surface area contributed by atoms with E-state index in [1.165, 1.54) is 0 Å². The lowest BCUT2D eigenvalue weighted by Gasteiger charge is -2.25. The fraction of sp³-hybridized carbons (Fsp3) is 0.667. The summed E-state index contributed by atoms with van der Waals surface area (Å²) in [5, 5.41) is 4.15. The van der Waals surface area contributed by atoms with E-state index in [9.17, 15) is 4.79 Å². The van der Waals surface area contributed by atoms with Crippen LogP contribution in [0.5, 0.6) is 0 Å². The van der Waals surface area contributed by atoms with Crippen LogP contribution in [0.4, 0.5) is 5.82 Å². The Balaban J connectivity index is 1.90. The molecule has 2 heterocycles. The van der Waals surface area contributed by atoms with E-state index < -0.39 is 0 Å². The Kier molecular flexibility index (Phi) is 3.86. The lowest BCUT2D eigenvalue weighted by atomic mass is 10.2. The average molecular weight is 251 g/mol. The van der Waals surface area contributed by atoms with Gasteiger partial charge in [0.2, 0.25) is 5.91 Å². The van der Waals surface area contributed by atoms with Gasteiger partial charge in [-0.2, -0.15) is 5.10 Å². The minimum Gasteiger partial charge on any atom is -0.382 e. The first-order chi connectivity index (χ1) is 8.58. The van der Waals surface area contributed by atoms with Crippen LogP contribution < -0.4 is 5.73 Å². The molecule has 0 saturated carbocycles. The van der Waals surface area contributed by atoms with Crippen molar-refractivity contribution >= 4 is 11.7 Å². The van der Waals surface area contributed by atoms with Crippen molar-refractivity contribution in [3.05, 3.63) is 12.3 Å². The number of likely N-dealkylation sites (tertiary alicyclic amines) is 1. The lowest BCUT2D eigenvalue weighted by Crippen LogP contribution is -2.43. The van der Waals surface area contributed by atoms with Gasteiger partial charge in [-0.1, -0.05) is 0 Å². The molecule has 1 aliphatic heterocycles. The van der Waals surface area contributed by atoms with Gasteiger partial charge in [-0.15, -0.1) is 0 Å². The summed E-state index contributed by atoms with van der Waals surface area (Å²) in [4.78, 5) is 15.9. The van der Waals surface area contributed by atoms with Crippen LogP contribution in [0.2, 0.25) is 0 Å². The molecule has 0 aliphatic carbocycles. The largest absolute Gasteiger partial charge is 0.382 e. The van der Waals surface area contributed by atoms with Gasteiger partial charge in [0, 0.05) is 26.8 Å². The van der Waals surface area contributed by atoms with Crippen molar-refractivity contribution in [2.75, 3.05) is 32.9 Å². The molecular formula is C12H21N5O. The molecule has 100 valence electrons. The highest BCUT2D eigenvalue weighted by Gasteiger charge is 2.31. The van der Waals surface area contributed by atoms with Gasteiger partial charge in [-0.25, -0.2) is 0 Å². The first-order valence-electron chi connectivity index (χ1n) is 6.32. The van der Waals surface area contributed by atoms with E-state index in [2.05, 4.69) is 10.00 Å².